The molecule has 1 aliphatic carbocycles. The van der Waals surface area contributed by atoms with E-state index < -0.39 is 0 Å². The van der Waals surface area contributed by atoms with Gasteiger partial charge in [-0.15, -0.1) is 0 Å². The van der Waals surface area contributed by atoms with Gasteiger partial charge in [0.15, 0.2) is 0 Å². The van der Waals surface area contributed by atoms with Crippen molar-refractivity contribution in [3.63, 3.8) is 0 Å². The van der Waals surface area contributed by atoms with Crippen LogP contribution in [-0.4, -0.2) is 30.4 Å². The summed E-state index contributed by atoms with van der Waals surface area (Å²) in [5, 5.41) is 2.92. The molecule has 0 spiro atoms. The van der Waals surface area contributed by atoms with Gasteiger partial charge in [0.25, 0.3) is 0 Å². The highest BCUT2D eigenvalue weighted by atomic mass is 16.2. The predicted octanol–water partition coefficient (Wildman–Crippen LogP) is 2.18. The van der Waals surface area contributed by atoms with Crippen LogP contribution in [0, 0.1) is 11.8 Å². The fraction of sp³-hybridized carbons (Fsp3) is 0.533. The van der Waals surface area contributed by atoms with Crippen LogP contribution in [0.25, 0.3) is 0 Å². The number of nitrogens with zero attached hydrogens (tertiary/aromatic N) is 1. The van der Waals surface area contributed by atoms with E-state index in [1.165, 1.54) is 6.42 Å². The monoisotopic (exact) mass is 261 g/mol. The number of benzene rings is 1. The van der Waals surface area contributed by atoms with Gasteiger partial charge in [-0.25, -0.2) is 0 Å². The smallest absolute Gasteiger partial charge is 0.241 e. The van der Waals surface area contributed by atoms with Gasteiger partial charge in [-0.3, -0.25) is 9.69 Å². The summed E-state index contributed by atoms with van der Waals surface area (Å²) in [5.41, 5.74) is 7.11. The van der Waals surface area contributed by atoms with Gasteiger partial charge >= 0.3 is 0 Å². The van der Waals surface area contributed by atoms with Crippen LogP contribution in [0.4, 0.5) is 11.4 Å². The third kappa shape index (κ3) is 3.70. The molecule has 1 aromatic carbocycles. The first-order valence-corrected chi connectivity index (χ1v) is 6.84. The first-order valence-electron chi connectivity index (χ1n) is 6.84. The lowest BCUT2D eigenvalue weighted by Gasteiger charge is -2.24. The molecule has 19 heavy (non-hydrogen) atoms. The van der Waals surface area contributed by atoms with Crippen molar-refractivity contribution >= 4 is 17.3 Å². The Hall–Kier alpha value is -1.55. The van der Waals surface area contributed by atoms with Gasteiger partial charge < -0.3 is 11.1 Å². The first kappa shape index (κ1) is 13.9. The van der Waals surface area contributed by atoms with Crippen LogP contribution in [0.5, 0.6) is 0 Å². The van der Waals surface area contributed by atoms with Crippen LogP contribution in [0.15, 0.2) is 24.3 Å². The number of likely N-dealkylation sites (N-methyl/N-ethyl adjacent to an activating group) is 1. The van der Waals surface area contributed by atoms with Crippen molar-refractivity contribution in [2.24, 2.45) is 11.8 Å². The molecule has 104 valence electrons. The number of nitrogens with two attached hydrogens (primary N) is 1. The summed E-state index contributed by atoms with van der Waals surface area (Å²) >= 11 is 0. The quantitative estimate of drug-likeness (QED) is 0.799. The van der Waals surface area contributed by atoms with Crippen molar-refractivity contribution < 1.29 is 4.79 Å². The largest absolute Gasteiger partial charge is 0.399 e. The molecule has 3 unspecified atom stereocenters. The minimum absolute atomic E-state index is 0.0283. The van der Waals surface area contributed by atoms with Crippen molar-refractivity contribution in [3.8, 4) is 0 Å². The van der Waals surface area contributed by atoms with Crippen molar-refractivity contribution in [2.75, 3.05) is 24.6 Å². The Labute approximate surface area is 115 Å². The molecule has 3 atom stereocenters. The topological polar surface area (TPSA) is 58.4 Å². The van der Waals surface area contributed by atoms with Gasteiger partial charge in [-0.2, -0.15) is 0 Å². The molecule has 1 amide bonds. The summed E-state index contributed by atoms with van der Waals surface area (Å²) in [7, 11) is 2.01. The van der Waals surface area contributed by atoms with E-state index in [-0.39, 0.29) is 11.9 Å². The van der Waals surface area contributed by atoms with Crippen molar-refractivity contribution in [1.82, 2.24) is 4.90 Å². The fourth-order valence-electron chi connectivity index (χ4n) is 2.19. The zero-order chi connectivity index (χ0) is 14.0. The number of carbonyl (C=O) groups is 1. The predicted molar refractivity (Wildman–Crippen MR) is 78.8 cm³/mol. The van der Waals surface area contributed by atoms with E-state index in [4.69, 9.17) is 5.73 Å². The molecule has 1 saturated carbocycles. The molecule has 4 nitrogen and oxygen atoms in total. The molecule has 0 heterocycles. The summed E-state index contributed by atoms with van der Waals surface area (Å²) in [4.78, 5) is 14.3. The molecular weight excluding hydrogens is 238 g/mol. The summed E-state index contributed by atoms with van der Waals surface area (Å²) in [6, 6.07) is 7.10. The number of carbonyl (C=O) groups excluding carboxylic acids is 1. The molecular formula is C15H23N3O. The van der Waals surface area contributed by atoms with Crippen LogP contribution in [0.3, 0.4) is 0 Å². The van der Waals surface area contributed by atoms with E-state index in [1.807, 2.05) is 26.1 Å². The average molecular weight is 261 g/mol. The molecule has 0 saturated heterocycles. The Morgan fingerprint density at radius 2 is 2.05 bits per heavy atom. The van der Waals surface area contributed by atoms with E-state index in [0.29, 0.717) is 5.69 Å². The molecule has 0 aliphatic heterocycles. The van der Waals surface area contributed by atoms with Crippen LogP contribution < -0.4 is 11.1 Å². The molecule has 0 radical (unpaired) electrons. The lowest BCUT2D eigenvalue weighted by molar-refractivity contribution is -0.120. The van der Waals surface area contributed by atoms with Gasteiger partial charge in [0.05, 0.1) is 6.04 Å². The van der Waals surface area contributed by atoms with E-state index in [2.05, 4.69) is 17.1 Å². The molecule has 0 bridgehead atoms. The minimum Gasteiger partial charge on any atom is -0.399 e. The van der Waals surface area contributed by atoms with E-state index in [9.17, 15) is 4.79 Å². The summed E-state index contributed by atoms with van der Waals surface area (Å²) in [6.07, 6.45) is 1.29. The maximum absolute atomic E-state index is 12.1. The minimum atomic E-state index is -0.120. The molecule has 4 heteroatoms. The number of hydrogen-bond acceptors (Lipinski definition) is 3. The molecule has 0 aromatic heterocycles. The highest BCUT2D eigenvalue weighted by Crippen LogP contribution is 2.38. The van der Waals surface area contributed by atoms with Gasteiger partial charge in [0.1, 0.15) is 0 Å². The summed E-state index contributed by atoms with van der Waals surface area (Å²) in [5.74, 6) is 1.60. The molecule has 1 fully saturated rings. The van der Waals surface area contributed by atoms with Gasteiger partial charge in [0, 0.05) is 17.9 Å². The second-order valence-electron chi connectivity index (χ2n) is 5.70. The number of hydrogen-bond donors (Lipinski definition) is 2. The van der Waals surface area contributed by atoms with Crippen molar-refractivity contribution in [2.45, 2.75) is 26.3 Å². The summed E-state index contributed by atoms with van der Waals surface area (Å²) in [6.45, 7) is 5.20. The number of nitrogens with one attached hydrogen (secondary N) is 1. The number of rotatable bonds is 5. The Kier molecular flexibility index (Phi) is 4.10. The third-order valence-electron chi connectivity index (χ3n) is 4.02. The molecule has 3 N–H and O–H groups in total. The maximum Gasteiger partial charge on any atom is 0.241 e. The van der Waals surface area contributed by atoms with E-state index in [1.54, 1.807) is 12.1 Å². The van der Waals surface area contributed by atoms with Crippen molar-refractivity contribution in [1.29, 1.82) is 0 Å². The SMILES string of the molecule is CC1CC1CN(C)C(C)C(=O)Nc1ccc(N)cc1. The highest BCUT2D eigenvalue weighted by Gasteiger charge is 2.34. The van der Waals surface area contributed by atoms with Crippen LogP contribution in [0.2, 0.25) is 0 Å². The first-order chi connectivity index (χ1) is 8.97. The number of amides is 1. The standard InChI is InChI=1S/C15H23N3O/c1-10-8-12(10)9-18(3)11(2)15(19)17-14-6-4-13(16)5-7-14/h4-7,10-12H,8-9,16H2,1-3H3,(H,17,19). The van der Waals surface area contributed by atoms with Crippen molar-refractivity contribution in [3.05, 3.63) is 24.3 Å². The lowest BCUT2D eigenvalue weighted by atomic mass is 10.2. The van der Waals surface area contributed by atoms with Crippen LogP contribution >= 0.6 is 0 Å². The average Bonchev–Trinajstić information content (AvgIpc) is 3.06. The Balaban J connectivity index is 1.86. The Morgan fingerprint density at radius 1 is 1.47 bits per heavy atom. The van der Waals surface area contributed by atoms with Crippen LogP contribution in [0.1, 0.15) is 20.3 Å². The lowest BCUT2D eigenvalue weighted by Crippen LogP contribution is -2.40. The Morgan fingerprint density at radius 3 is 2.58 bits per heavy atom. The van der Waals surface area contributed by atoms with Gasteiger partial charge in [0.2, 0.25) is 5.91 Å². The zero-order valence-corrected chi connectivity index (χ0v) is 11.9. The highest BCUT2D eigenvalue weighted by molar-refractivity contribution is 5.94. The van der Waals surface area contributed by atoms with Gasteiger partial charge in [-0.1, -0.05) is 6.92 Å². The van der Waals surface area contributed by atoms with Crippen LogP contribution in [-0.2, 0) is 4.79 Å². The second-order valence-corrected chi connectivity index (χ2v) is 5.70. The third-order valence-corrected chi connectivity index (χ3v) is 4.02. The second kappa shape index (κ2) is 5.61. The van der Waals surface area contributed by atoms with Gasteiger partial charge in [-0.05, 0) is 56.5 Å². The molecule has 1 aliphatic rings. The summed E-state index contributed by atoms with van der Waals surface area (Å²) < 4.78 is 0. The maximum atomic E-state index is 12.1. The zero-order valence-electron chi connectivity index (χ0n) is 11.9. The molecule has 2 rings (SSSR count). The Bertz CT molecular complexity index is 443. The number of anilines is 2. The number of nitrogen functional groups attached to an aromatic ring is 1. The fourth-order valence-corrected chi connectivity index (χ4v) is 2.19. The normalized spacial score (nSPS) is 23.2. The van der Waals surface area contributed by atoms with E-state index in [0.717, 1.165) is 24.1 Å². The van der Waals surface area contributed by atoms with E-state index >= 15 is 0 Å². The molecule has 1 aromatic rings.